The van der Waals surface area contributed by atoms with E-state index in [1.165, 1.54) is 13.0 Å². The molecule has 1 N–H and O–H groups in total. The molecule has 1 aliphatic rings. The number of nitrogens with one attached hydrogen (secondary N) is 1. The summed E-state index contributed by atoms with van der Waals surface area (Å²) in [4.78, 5) is 22.1. The highest BCUT2D eigenvalue weighted by atomic mass is 16.6. The maximum Gasteiger partial charge on any atom is 0.270 e. The van der Waals surface area contributed by atoms with Crippen LogP contribution in [0.3, 0.4) is 0 Å². The van der Waals surface area contributed by atoms with Crippen molar-refractivity contribution in [3.63, 3.8) is 0 Å². The van der Waals surface area contributed by atoms with E-state index in [4.69, 9.17) is 0 Å². The van der Waals surface area contributed by atoms with Gasteiger partial charge in [0, 0.05) is 38.6 Å². The molecule has 1 unspecified atom stereocenters. The quantitative estimate of drug-likeness (QED) is 0.640. The fraction of sp³-hybridized carbons (Fsp3) is 0.471. The minimum absolute atomic E-state index is 0.0303. The number of benzene rings is 1. The molecule has 0 bridgehead atoms. The second kappa shape index (κ2) is 7.00. The Morgan fingerprint density at radius 1 is 1.44 bits per heavy atom. The molecule has 0 spiro atoms. The summed E-state index contributed by atoms with van der Waals surface area (Å²) in [6.07, 6.45) is 4.95. The van der Waals surface area contributed by atoms with E-state index in [1.54, 1.807) is 12.4 Å². The van der Waals surface area contributed by atoms with Gasteiger partial charge in [0.2, 0.25) is 5.91 Å². The van der Waals surface area contributed by atoms with E-state index in [9.17, 15) is 14.9 Å². The van der Waals surface area contributed by atoms with Crippen molar-refractivity contribution in [3.8, 4) is 0 Å². The predicted molar refractivity (Wildman–Crippen MR) is 90.8 cm³/mol. The molecule has 1 amide bonds. The second-order valence-corrected chi connectivity index (χ2v) is 6.57. The van der Waals surface area contributed by atoms with Gasteiger partial charge in [-0.1, -0.05) is 12.5 Å². The molecule has 3 rings (SSSR count). The second-order valence-electron chi connectivity index (χ2n) is 6.57. The van der Waals surface area contributed by atoms with E-state index in [0.29, 0.717) is 11.5 Å². The number of nitro benzene ring substituents is 1. The molecule has 1 aliphatic carbocycles. The number of carbonyl (C=O) groups excluding carboxylic acids is 1. The van der Waals surface area contributed by atoms with Gasteiger partial charge in [-0.15, -0.1) is 10.2 Å². The number of hydrogen-bond acceptors (Lipinski definition) is 5. The largest absolute Gasteiger partial charge is 0.352 e. The molecule has 2 aromatic rings. The average Bonchev–Trinajstić information content (AvgIpc) is 2.94. The molecule has 1 atom stereocenters. The zero-order valence-electron chi connectivity index (χ0n) is 14.3. The molecular formula is C17H21N5O3. The van der Waals surface area contributed by atoms with Crippen LogP contribution in [-0.4, -0.2) is 25.6 Å². The summed E-state index contributed by atoms with van der Waals surface area (Å²) in [5, 5.41) is 22.3. The first-order chi connectivity index (χ1) is 12.0. The summed E-state index contributed by atoms with van der Waals surface area (Å²) in [5.41, 5.74) is 1.60. The van der Waals surface area contributed by atoms with E-state index >= 15 is 0 Å². The molecule has 0 aliphatic heterocycles. The monoisotopic (exact) mass is 343 g/mol. The Morgan fingerprint density at radius 2 is 2.20 bits per heavy atom. The van der Waals surface area contributed by atoms with Crippen LogP contribution < -0.4 is 5.32 Å². The maximum atomic E-state index is 11.4. The first-order valence-electron chi connectivity index (χ1n) is 8.32. The van der Waals surface area contributed by atoms with Crippen molar-refractivity contribution in [1.29, 1.82) is 0 Å². The van der Waals surface area contributed by atoms with Gasteiger partial charge in [0.15, 0.2) is 0 Å². The number of hydrogen-bond donors (Lipinski definition) is 1. The fourth-order valence-corrected chi connectivity index (χ4v) is 3.29. The predicted octanol–water partition coefficient (Wildman–Crippen LogP) is 2.29. The van der Waals surface area contributed by atoms with Gasteiger partial charge in [-0.05, 0) is 29.9 Å². The number of amides is 1. The summed E-state index contributed by atoms with van der Waals surface area (Å²) < 4.78 is 1.87. The number of aryl methyl sites for hydroxylation is 1. The number of rotatable bonds is 6. The van der Waals surface area contributed by atoms with Crippen LogP contribution in [0.1, 0.15) is 49.1 Å². The lowest BCUT2D eigenvalue weighted by Crippen LogP contribution is -2.24. The van der Waals surface area contributed by atoms with E-state index in [0.717, 1.165) is 30.7 Å². The highest BCUT2D eigenvalue weighted by Gasteiger charge is 2.33. The molecule has 1 heterocycles. The smallest absolute Gasteiger partial charge is 0.270 e. The molecule has 1 saturated carbocycles. The topological polar surface area (TPSA) is 103 Å². The van der Waals surface area contributed by atoms with Crippen molar-refractivity contribution in [3.05, 3.63) is 51.6 Å². The van der Waals surface area contributed by atoms with E-state index in [2.05, 4.69) is 15.5 Å². The maximum absolute atomic E-state index is 11.4. The highest BCUT2D eigenvalue weighted by molar-refractivity contribution is 5.72. The van der Waals surface area contributed by atoms with Gasteiger partial charge in [-0.3, -0.25) is 14.9 Å². The van der Waals surface area contributed by atoms with E-state index in [-0.39, 0.29) is 24.1 Å². The summed E-state index contributed by atoms with van der Waals surface area (Å²) >= 11 is 0. The lowest BCUT2D eigenvalue weighted by molar-refractivity contribution is -0.385. The number of nitrogens with zero attached hydrogens (tertiary/aromatic N) is 4. The number of non-ortho nitro benzene ring substituents is 1. The van der Waals surface area contributed by atoms with Gasteiger partial charge >= 0.3 is 0 Å². The van der Waals surface area contributed by atoms with Gasteiger partial charge in [-0.2, -0.15) is 0 Å². The molecule has 1 fully saturated rings. The van der Waals surface area contributed by atoms with Crippen LogP contribution in [0.4, 0.5) is 5.69 Å². The summed E-state index contributed by atoms with van der Waals surface area (Å²) in [6, 6.07) is 5.06. The molecule has 25 heavy (non-hydrogen) atoms. The van der Waals surface area contributed by atoms with E-state index < -0.39 is 4.92 Å². The molecule has 1 aromatic heterocycles. The van der Waals surface area contributed by atoms with Gasteiger partial charge in [-0.25, -0.2) is 0 Å². The lowest BCUT2D eigenvalue weighted by atomic mass is 9.72. The van der Waals surface area contributed by atoms with Crippen molar-refractivity contribution < 1.29 is 9.72 Å². The highest BCUT2D eigenvalue weighted by Crippen LogP contribution is 2.43. The first kappa shape index (κ1) is 17.1. The summed E-state index contributed by atoms with van der Waals surface area (Å²) in [5.74, 6) is 1.02. The third-order valence-electron chi connectivity index (χ3n) is 4.76. The molecule has 1 aromatic carbocycles. The van der Waals surface area contributed by atoms with Crippen molar-refractivity contribution in [2.45, 2.75) is 38.6 Å². The number of nitro groups is 1. The minimum atomic E-state index is -0.394. The van der Waals surface area contributed by atoms with Crippen LogP contribution in [0, 0.1) is 16.0 Å². The van der Waals surface area contributed by atoms with Crippen molar-refractivity contribution in [2.24, 2.45) is 13.0 Å². The van der Waals surface area contributed by atoms with Crippen LogP contribution in [0.25, 0.3) is 0 Å². The Hall–Kier alpha value is -2.77. The van der Waals surface area contributed by atoms with Crippen LogP contribution >= 0.6 is 0 Å². The molecule has 8 nitrogen and oxygen atoms in total. The Kier molecular flexibility index (Phi) is 4.78. The molecular weight excluding hydrogens is 322 g/mol. The van der Waals surface area contributed by atoms with Crippen molar-refractivity contribution >= 4 is 11.6 Å². The lowest BCUT2D eigenvalue weighted by Gasteiger charge is -2.33. The fourth-order valence-electron chi connectivity index (χ4n) is 3.29. The van der Waals surface area contributed by atoms with Crippen LogP contribution in [0.2, 0.25) is 0 Å². The van der Waals surface area contributed by atoms with Gasteiger partial charge < -0.3 is 9.88 Å². The standard InChI is InChI=1S/C17H21N5O3/c1-11(23)18-9-12-6-14(8-15(7-12)22(24)25)16(13-4-3-5-13)17-20-19-10-21(17)2/h6-8,10,13,16H,3-5,9H2,1-2H3,(H,18,23). The Labute approximate surface area is 145 Å². The molecule has 132 valence electrons. The molecule has 8 heteroatoms. The van der Waals surface area contributed by atoms with Crippen LogP contribution in [0.5, 0.6) is 0 Å². The molecule has 0 saturated heterocycles. The SMILES string of the molecule is CC(=O)NCc1cc(C(c2nncn2C)C2CCC2)cc([N+](=O)[O-])c1. The van der Waals surface area contributed by atoms with Gasteiger partial charge in [0.05, 0.1) is 4.92 Å². The zero-order valence-corrected chi connectivity index (χ0v) is 14.3. The summed E-state index contributed by atoms with van der Waals surface area (Å²) in [6.45, 7) is 1.69. The Bertz CT molecular complexity index is 797. The average molecular weight is 343 g/mol. The Balaban J connectivity index is 2.03. The zero-order chi connectivity index (χ0) is 18.0. The third kappa shape index (κ3) is 3.67. The minimum Gasteiger partial charge on any atom is -0.352 e. The van der Waals surface area contributed by atoms with Crippen molar-refractivity contribution in [1.82, 2.24) is 20.1 Å². The normalized spacial score (nSPS) is 15.4. The summed E-state index contributed by atoms with van der Waals surface area (Å²) in [7, 11) is 1.89. The third-order valence-corrected chi connectivity index (χ3v) is 4.76. The number of carbonyl (C=O) groups is 1. The van der Waals surface area contributed by atoms with Crippen LogP contribution in [-0.2, 0) is 18.4 Å². The van der Waals surface area contributed by atoms with Crippen LogP contribution in [0.15, 0.2) is 24.5 Å². The van der Waals surface area contributed by atoms with E-state index in [1.807, 2.05) is 17.7 Å². The van der Waals surface area contributed by atoms with Crippen molar-refractivity contribution in [2.75, 3.05) is 0 Å². The Morgan fingerprint density at radius 3 is 2.72 bits per heavy atom. The van der Waals surface area contributed by atoms with Gasteiger partial charge in [0.25, 0.3) is 5.69 Å². The van der Waals surface area contributed by atoms with Gasteiger partial charge in [0.1, 0.15) is 12.2 Å². The first-order valence-corrected chi connectivity index (χ1v) is 8.32. The molecule has 0 radical (unpaired) electrons. The number of aromatic nitrogens is 3.